The Morgan fingerprint density at radius 3 is 2.63 bits per heavy atom. The second kappa shape index (κ2) is 7.68. The summed E-state index contributed by atoms with van der Waals surface area (Å²) in [7, 11) is 1.57. The highest BCUT2D eigenvalue weighted by atomic mass is 79.9. The molecule has 7 heteroatoms. The summed E-state index contributed by atoms with van der Waals surface area (Å²) < 4.78 is 13.5. The third-order valence-corrected chi connectivity index (χ3v) is 4.71. The molecule has 0 amide bonds. The first-order chi connectivity index (χ1) is 12.8. The van der Waals surface area contributed by atoms with Crippen LogP contribution in [0.2, 0.25) is 0 Å². The molecule has 1 unspecified atom stereocenters. The molecule has 0 fully saturated rings. The van der Waals surface area contributed by atoms with E-state index in [-0.39, 0.29) is 18.4 Å². The molecule has 142 valence electrons. The smallest absolute Gasteiger partial charge is 0.308 e. The van der Waals surface area contributed by atoms with Gasteiger partial charge in [-0.15, -0.1) is 0 Å². The molecule has 0 N–H and O–H groups in total. The Morgan fingerprint density at radius 1 is 1.22 bits per heavy atom. The molecule has 0 aliphatic rings. The van der Waals surface area contributed by atoms with E-state index in [1.807, 2.05) is 49.7 Å². The fourth-order valence-electron chi connectivity index (χ4n) is 2.88. The molecular formula is C20H22BrN3O3. The Labute approximate surface area is 166 Å². The maximum atomic E-state index is 12.5. The molecule has 6 nitrogen and oxygen atoms in total. The van der Waals surface area contributed by atoms with E-state index in [0.29, 0.717) is 5.88 Å². The molecule has 3 aromatic rings. The number of halogens is 1. The summed E-state index contributed by atoms with van der Waals surface area (Å²) in [6.07, 6.45) is 3.65. The first-order valence-electron chi connectivity index (χ1n) is 8.62. The number of hydrogen-bond acceptors (Lipinski definition) is 5. The summed E-state index contributed by atoms with van der Waals surface area (Å²) in [5.74, 6) is 0.227. The van der Waals surface area contributed by atoms with Crippen LogP contribution in [0, 0.1) is 0 Å². The van der Waals surface area contributed by atoms with Gasteiger partial charge in [-0.05, 0) is 44.5 Å². The fraction of sp³-hybridized carbons (Fsp3) is 0.350. The van der Waals surface area contributed by atoms with Crippen molar-refractivity contribution in [2.24, 2.45) is 0 Å². The van der Waals surface area contributed by atoms with E-state index < -0.39 is 5.60 Å². The third kappa shape index (κ3) is 4.47. The van der Waals surface area contributed by atoms with Crippen LogP contribution >= 0.6 is 15.9 Å². The summed E-state index contributed by atoms with van der Waals surface area (Å²) in [4.78, 5) is 16.8. The number of carbonyl (C=O) groups is 1. The van der Waals surface area contributed by atoms with Gasteiger partial charge >= 0.3 is 5.97 Å². The van der Waals surface area contributed by atoms with Crippen LogP contribution in [0.4, 0.5) is 0 Å². The average molecular weight is 432 g/mol. The molecule has 0 saturated heterocycles. The van der Waals surface area contributed by atoms with Gasteiger partial charge < -0.3 is 9.47 Å². The highest BCUT2D eigenvalue weighted by Gasteiger charge is 2.25. The van der Waals surface area contributed by atoms with E-state index in [2.05, 4.69) is 26.0 Å². The van der Waals surface area contributed by atoms with Crippen LogP contribution in [0.1, 0.15) is 38.8 Å². The van der Waals surface area contributed by atoms with Crippen LogP contribution in [0.25, 0.3) is 10.9 Å². The van der Waals surface area contributed by atoms with Crippen LogP contribution in [0.5, 0.6) is 5.88 Å². The summed E-state index contributed by atoms with van der Waals surface area (Å²) in [5.41, 5.74) is 1.23. The zero-order valence-corrected chi connectivity index (χ0v) is 17.4. The van der Waals surface area contributed by atoms with Crippen molar-refractivity contribution in [3.05, 3.63) is 52.8 Å². The second-order valence-electron chi connectivity index (χ2n) is 7.20. The topological polar surface area (TPSA) is 66.2 Å². The Balaban J connectivity index is 2.03. The quantitative estimate of drug-likeness (QED) is 0.555. The maximum Gasteiger partial charge on any atom is 0.308 e. The van der Waals surface area contributed by atoms with Crippen molar-refractivity contribution < 1.29 is 14.3 Å². The second-order valence-corrected chi connectivity index (χ2v) is 8.06. The van der Waals surface area contributed by atoms with Gasteiger partial charge in [-0.25, -0.2) is 4.98 Å². The normalized spacial score (nSPS) is 12.8. The lowest BCUT2D eigenvalue weighted by Crippen LogP contribution is -2.26. The summed E-state index contributed by atoms with van der Waals surface area (Å²) >= 11 is 3.55. The predicted octanol–water partition coefficient (Wildman–Crippen LogP) is 4.52. The number of ether oxygens (including phenoxy) is 2. The predicted molar refractivity (Wildman–Crippen MR) is 107 cm³/mol. The van der Waals surface area contributed by atoms with E-state index in [9.17, 15) is 4.79 Å². The number of hydrogen-bond donors (Lipinski definition) is 0. The highest BCUT2D eigenvalue weighted by Crippen LogP contribution is 2.30. The van der Waals surface area contributed by atoms with E-state index in [1.54, 1.807) is 25.6 Å². The van der Waals surface area contributed by atoms with E-state index >= 15 is 0 Å². The molecule has 1 atom stereocenters. The molecule has 1 aromatic carbocycles. The van der Waals surface area contributed by atoms with Gasteiger partial charge in [0.2, 0.25) is 5.88 Å². The van der Waals surface area contributed by atoms with Crippen LogP contribution in [0.3, 0.4) is 0 Å². The Morgan fingerprint density at radius 2 is 2.00 bits per heavy atom. The lowest BCUT2D eigenvalue weighted by atomic mass is 10.1. The van der Waals surface area contributed by atoms with Crippen molar-refractivity contribution in [3.8, 4) is 5.88 Å². The zero-order valence-electron chi connectivity index (χ0n) is 15.8. The lowest BCUT2D eigenvalue weighted by Gasteiger charge is -2.23. The highest BCUT2D eigenvalue weighted by molar-refractivity contribution is 9.10. The first kappa shape index (κ1) is 19.4. The van der Waals surface area contributed by atoms with Crippen LogP contribution < -0.4 is 4.74 Å². The number of fused-ring (bicyclic) bond motifs is 1. The van der Waals surface area contributed by atoms with Gasteiger partial charge in [-0.3, -0.25) is 9.48 Å². The maximum absolute atomic E-state index is 12.5. The van der Waals surface area contributed by atoms with Crippen LogP contribution in [-0.2, 0) is 9.53 Å². The molecule has 27 heavy (non-hydrogen) atoms. The number of methoxy groups -OCH3 is 1. The van der Waals surface area contributed by atoms with Crippen molar-refractivity contribution in [1.82, 2.24) is 14.8 Å². The van der Waals surface area contributed by atoms with Gasteiger partial charge in [-0.2, -0.15) is 5.10 Å². The van der Waals surface area contributed by atoms with Gasteiger partial charge in [0, 0.05) is 22.1 Å². The number of carbonyl (C=O) groups excluding carboxylic acids is 1. The van der Waals surface area contributed by atoms with E-state index in [1.165, 1.54) is 0 Å². The molecule has 0 aliphatic carbocycles. The van der Waals surface area contributed by atoms with Gasteiger partial charge in [0.15, 0.2) is 0 Å². The largest absolute Gasteiger partial charge is 0.481 e. The minimum atomic E-state index is -0.547. The van der Waals surface area contributed by atoms with Crippen molar-refractivity contribution >= 4 is 32.8 Å². The number of pyridine rings is 1. The van der Waals surface area contributed by atoms with Crippen molar-refractivity contribution in [1.29, 1.82) is 0 Å². The van der Waals surface area contributed by atoms with E-state index in [4.69, 9.17) is 9.47 Å². The lowest BCUT2D eigenvalue weighted by molar-refractivity contribution is -0.155. The summed E-state index contributed by atoms with van der Waals surface area (Å²) in [6.45, 7) is 5.57. The summed E-state index contributed by atoms with van der Waals surface area (Å²) in [6, 6.07) is 9.22. The van der Waals surface area contributed by atoms with Gasteiger partial charge in [0.1, 0.15) is 5.60 Å². The van der Waals surface area contributed by atoms with E-state index in [0.717, 1.165) is 20.9 Å². The zero-order chi connectivity index (χ0) is 19.6. The number of benzene rings is 1. The Bertz CT molecular complexity index is 945. The monoisotopic (exact) mass is 431 g/mol. The molecule has 2 heterocycles. The number of rotatable bonds is 5. The standard InChI is InChI=1S/C20H22BrN3O3/c1-20(2,3)27-19(25)10-17(13-8-9-18(26-4)22-11-13)24-16-7-5-6-15(21)14(16)12-23-24/h5-9,11-12,17H,10H2,1-4H3. The van der Waals surface area contributed by atoms with Crippen LogP contribution in [-0.4, -0.2) is 33.4 Å². The Hall–Kier alpha value is -2.41. The number of aromatic nitrogens is 3. The molecule has 0 aliphatic heterocycles. The van der Waals surface area contributed by atoms with Gasteiger partial charge in [-0.1, -0.05) is 22.0 Å². The molecule has 0 spiro atoms. The van der Waals surface area contributed by atoms with Crippen LogP contribution in [0.15, 0.2) is 47.2 Å². The van der Waals surface area contributed by atoms with Gasteiger partial charge in [0.05, 0.1) is 31.3 Å². The van der Waals surface area contributed by atoms with Gasteiger partial charge in [0.25, 0.3) is 0 Å². The van der Waals surface area contributed by atoms with Crippen molar-refractivity contribution in [2.75, 3.05) is 7.11 Å². The molecule has 0 radical (unpaired) electrons. The number of nitrogens with zero attached hydrogens (tertiary/aromatic N) is 3. The fourth-order valence-corrected chi connectivity index (χ4v) is 3.34. The molecule has 0 saturated carbocycles. The third-order valence-electron chi connectivity index (χ3n) is 4.02. The first-order valence-corrected chi connectivity index (χ1v) is 9.41. The average Bonchev–Trinajstić information content (AvgIpc) is 3.03. The minimum Gasteiger partial charge on any atom is -0.481 e. The molecule has 2 aromatic heterocycles. The molecule has 3 rings (SSSR count). The van der Waals surface area contributed by atoms with Crippen molar-refractivity contribution in [2.45, 2.75) is 38.8 Å². The minimum absolute atomic E-state index is 0.147. The Kier molecular flexibility index (Phi) is 5.51. The SMILES string of the molecule is COc1ccc(C(CC(=O)OC(C)(C)C)n2ncc3c(Br)cccc32)cn1. The molecular weight excluding hydrogens is 410 g/mol. The number of esters is 1. The molecule has 0 bridgehead atoms. The summed E-state index contributed by atoms with van der Waals surface area (Å²) in [5, 5.41) is 5.52. The van der Waals surface area contributed by atoms with Crippen molar-refractivity contribution in [3.63, 3.8) is 0 Å².